The Morgan fingerprint density at radius 2 is 1.95 bits per heavy atom. The van der Waals surface area contributed by atoms with Crippen molar-refractivity contribution in [3.8, 4) is 5.75 Å². The second-order valence-corrected chi connectivity index (χ2v) is 7.18. The normalized spacial score (nSPS) is 36.9. The zero-order valence-corrected chi connectivity index (χ0v) is 13.1. The summed E-state index contributed by atoms with van der Waals surface area (Å²) >= 11 is 0. The predicted octanol–water partition coefficient (Wildman–Crippen LogP) is 4.00. The zero-order chi connectivity index (χ0) is 14.2. The molecule has 2 nitrogen and oxygen atoms in total. The van der Waals surface area contributed by atoms with Crippen molar-refractivity contribution in [3.05, 3.63) is 29.8 Å². The van der Waals surface area contributed by atoms with Gasteiger partial charge < -0.3 is 10.1 Å². The van der Waals surface area contributed by atoms with Crippen molar-refractivity contribution in [1.82, 2.24) is 5.32 Å². The van der Waals surface area contributed by atoms with E-state index in [9.17, 15) is 0 Å². The van der Waals surface area contributed by atoms with Crippen LogP contribution < -0.4 is 10.1 Å². The van der Waals surface area contributed by atoms with Gasteiger partial charge in [-0.05, 0) is 62.3 Å². The van der Waals surface area contributed by atoms with E-state index in [4.69, 9.17) is 4.74 Å². The first-order chi connectivity index (χ1) is 10.4. The smallest absolute Gasteiger partial charge is 0.123 e. The van der Waals surface area contributed by atoms with Crippen molar-refractivity contribution in [3.63, 3.8) is 0 Å². The van der Waals surface area contributed by atoms with E-state index in [1.54, 1.807) is 0 Å². The Hall–Kier alpha value is -1.02. The lowest BCUT2D eigenvalue weighted by Crippen LogP contribution is -2.38. The van der Waals surface area contributed by atoms with Crippen LogP contribution in [0.1, 0.15) is 44.6 Å². The third-order valence-corrected chi connectivity index (χ3v) is 6.26. The Bertz CT molecular complexity index is 500. The Morgan fingerprint density at radius 1 is 1.10 bits per heavy atom. The first-order valence-electron chi connectivity index (χ1n) is 8.81. The molecule has 0 saturated heterocycles. The molecule has 0 aromatic heterocycles. The highest BCUT2D eigenvalue weighted by atomic mass is 16.5. The fourth-order valence-corrected chi connectivity index (χ4v) is 5.49. The van der Waals surface area contributed by atoms with Crippen LogP contribution in [0.4, 0.5) is 0 Å². The van der Waals surface area contributed by atoms with Gasteiger partial charge in [0.1, 0.15) is 5.75 Å². The zero-order valence-electron chi connectivity index (χ0n) is 13.1. The summed E-state index contributed by atoms with van der Waals surface area (Å²) in [5.74, 6) is 5.17. The van der Waals surface area contributed by atoms with E-state index in [2.05, 4.69) is 36.5 Å². The number of para-hydroxylation sites is 1. The molecule has 0 radical (unpaired) electrons. The van der Waals surface area contributed by atoms with Crippen molar-refractivity contribution >= 4 is 0 Å². The minimum atomic E-state index is 0.745. The fraction of sp³-hybridized carbons (Fsp3) is 0.684. The molecule has 3 fully saturated rings. The summed E-state index contributed by atoms with van der Waals surface area (Å²) < 4.78 is 5.74. The van der Waals surface area contributed by atoms with Gasteiger partial charge in [-0.3, -0.25) is 0 Å². The molecule has 3 aliphatic carbocycles. The first-order valence-corrected chi connectivity index (χ1v) is 8.81. The molecule has 1 aromatic carbocycles. The van der Waals surface area contributed by atoms with Crippen molar-refractivity contribution in [2.24, 2.45) is 23.7 Å². The van der Waals surface area contributed by atoms with Gasteiger partial charge in [0.15, 0.2) is 0 Å². The Labute approximate surface area is 128 Å². The molecule has 0 spiro atoms. The number of benzene rings is 1. The van der Waals surface area contributed by atoms with Crippen LogP contribution in [-0.4, -0.2) is 12.6 Å². The third-order valence-electron chi connectivity index (χ3n) is 6.26. The molecule has 21 heavy (non-hydrogen) atoms. The number of rotatable bonds is 5. The van der Waals surface area contributed by atoms with Crippen LogP contribution in [0.25, 0.3) is 0 Å². The van der Waals surface area contributed by atoms with Crippen LogP contribution >= 0.6 is 0 Å². The van der Waals surface area contributed by atoms with Crippen molar-refractivity contribution < 1.29 is 4.74 Å². The lowest BCUT2D eigenvalue weighted by Gasteiger charge is -2.32. The molecule has 1 N–H and O–H groups in total. The SMILES string of the molecule is CCOc1ccccc1CNC1CC2CC1C1CCCC21. The molecule has 0 aliphatic heterocycles. The van der Waals surface area contributed by atoms with Gasteiger partial charge in [0.2, 0.25) is 0 Å². The molecule has 114 valence electrons. The maximum Gasteiger partial charge on any atom is 0.123 e. The van der Waals surface area contributed by atoms with E-state index >= 15 is 0 Å². The summed E-state index contributed by atoms with van der Waals surface area (Å²) in [6, 6.07) is 9.23. The maximum atomic E-state index is 5.74. The van der Waals surface area contributed by atoms with Crippen molar-refractivity contribution in [1.29, 1.82) is 0 Å². The molecule has 2 heteroatoms. The Balaban J connectivity index is 1.40. The molecule has 3 saturated carbocycles. The summed E-state index contributed by atoms with van der Waals surface area (Å²) in [5, 5.41) is 3.86. The first kappa shape index (κ1) is 13.6. The van der Waals surface area contributed by atoms with Gasteiger partial charge in [-0.2, -0.15) is 0 Å². The highest BCUT2D eigenvalue weighted by Crippen LogP contribution is 2.58. The molecular formula is C19H27NO. The van der Waals surface area contributed by atoms with Gasteiger partial charge in [-0.15, -0.1) is 0 Å². The summed E-state index contributed by atoms with van der Waals surface area (Å²) in [4.78, 5) is 0. The monoisotopic (exact) mass is 285 g/mol. The van der Waals surface area contributed by atoms with Crippen molar-refractivity contribution in [2.75, 3.05) is 6.61 Å². The summed E-state index contributed by atoms with van der Waals surface area (Å²) in [6.45, 7) is 3.76. The van der Waals surface area contributed by atoms with Gasteiger partial charge >= 0.3 is 0 Å². The molecule has 5 unspecified atom stereocenters. The summed E-state index contributed by atoms with van der Waals surface area (Å²) in [6.07, 6.45) is 7.43. The molecular weight excluding hydrogens is 258 g/mol. The summed E-state index contributed by atoms with van der Waals surface area (Å²) in [5.41, 5.74) is 1.31. The fourth-order valence-electron chi connectivity index (χ4n) is 5.49. The van der Waals surface area contributed by atoms with Gasteiger partial charge in [-0.25, -0.2) is 0 Å². The van der Waals surface area contributed by atoms with Crippen LogP contribution in [-0.2, 0) is 6.54 Å². The average Bonchev–Trinajstić information content (AvgIpc) is 3.19. The number of fused-ring (bicyclic) bond motifs is 5. The number of hydrogen-bond donors (Lipinski definition) is 1. The molecule has 4 rings (SSSR count). The second-order valence-electron chi connectivity index (χ2n) is 7.18. The van der Waals surface area contributed by atoms with Crippen LogP contribution in [0.3, 0.4) is 0 Å². The molecule has 3 aliphatic rings. The lowest BCUT2D eigenvalue weighted by molar-refractivity contribution is 0.207. The van der Waals surface area contributed by atoms with E-state index in [1.165, 1.54) is 37.7 Å². The van der Waals surface area contributed by atoms with Crippen LogP contribution in [0.5, 0.6) is 5.75 Å². The molecule has 0 heterocycles. The average molecular weight is 285 g/mol. The van der Waals surface area contributed by atoms with E-state index in [0.717, 1.165) is 48.6 Å². The van der Waals surface area contributed by atoms with Crippen LogP contribution in [0.2, 0.25) is 0 Å². The standard InChI is InChI=1S/C19H27NO/c1-2-21-19-9-4-3-6-13(19)12-20-18-11-14-10-17(18)16-8-5-7-15(14)16/h3-4,6,9,14-18,20H,2,5,7-8,10-12H2,1H3. The number of nitrogens with one attached hydrogen (secondary N) is 1. The minimum absolute atomic E-state index is 0.745. The van der Waals surface area contributed by atoms with E-state index in [-0.39, 0.29) is 0 Å². The number of ether oxygens (including phenoxy) is 1. The Kier molecular flexibility index (Phi) is 3.66. The van der Waals surface area contributed by atoms with Crippen LogP contribution in [0.15, 0.2) is 24.3 Å². The molecule has 2 bridgehead atoms. The highest BCUT2D eigenvalue weighted by molar-refractivity contribution is 5.33. The molecule has 1 aromatic rings. The van der Waals surface area contributed by atoms with Crippen molar-refractivity contribution in [2.45, 2.75) is 51.6 Å². The van der Waals surface area contributed by atoms with Gasteiger partial charge in [0, 0.05) is 18.2 Å². The highest BCUT2D eigenvalue weighted by Gasteiger charge is 2.53. The lowest BCUT2D eigenvalue weighted by atomic mass is 9.79. The largest absolute Gasteiger partial charge is 0.494 e. The van der Waals surface area contributed by atoms with Gasteiger partial charge in [-0.1, -0.05) is 24.6 Å². The minimum Gasteiger partial charge on any atom is -0.494 e. The second kappa shape index (κ2) is 5.64. The third kappa shape index (κ3) is 2.38. The maximum absolute atomic E-state index is 5.74. The van der Waals surface area contributed by atoms with E-state index < -0.39 is 0 Å². The van der Waals surface area contributed by atoms with Gasteiger partial charge in [0.25, 0.3) is 0 Å². The van der Waals surface area contributed by atoms with Crippen LogP contribution in [0, 0.1) is 23.7 Å². The number of hydrogen-bond acceptors (Lipinski definition) is 2. The molecule has 5 atom stereocenters. The predicted molar refractivity (Wildman–Crippen MR) is 85.3 cm³/mol. The molecule has 0 amide bonds. The summed E-state index contributed by atoms with van der Waals surface area (Å²) in [7, 11) is 0. The van der Waals surface area contributed by atoms with E-state index in [0.29, 0.717) is 0 Å². The van der Waals surface area contributed by atoms with E-state index in [1.807, 2.05) is 0 Å². The van der Waals surface area contributed by atoms with Gasteiger partial charge in [0.05, 0.1) is 6.61 Å². The topological polar surface area (TPSA) is 21.3 Å². The quantitative estimate of drug-likeness (QED) is 0.883. The Morgan fingerprint density at radius 3 is 2.86 bits per heavy atom.